The Labute approximate surface area is 197 Å². The second-order valence-electron chi connectivity index (χ2n) is 7.80. The zero-order valence-corrected chi connectivity index (χ0v) is 18.1. The van der Waals surface area contributed by atoms with E-state index in [9.17, 15) is 0 Å². The van der Waals surface area contributed by atoms with Crippen LogP contribution in [0.2, 0.25) is 0 Å². The van der Waals surface area contributed by atoms with E-state index in [0.29, 0.717) is 17.3 Å². The third kappa shape index (κ3) is 3.35. The number of anilines is 3. The lowest BCUT2D eigenvalue weighted by atomic mass is 10.1. The van der Waals surface area contributed by atoms with Crippen LogP contribution in [0.5, 0.6) is 11.5 Å². The van der Waals surface area contributed by atoms with Gasteiger partial charge in [0.1, 0.15) is 0 Å². The molecule has 1 aliphatic rings. The van der Waals surface area contributed by atoms with Crippen LogP contribution >= 0.6 is 0 Å². The fraction of sp³-hybridized carbons (Fsp3) is 0. The van der Waals surface area contributed by atoms with Crippen LogP contribution in [-0.4, -0.2) is 9.97 Å². The van der Waals surface area contributed by atoms with E-state index in [2.05, 4.69) is 14.7 Å². The van der Waals surface area contributed by atoms with Gasteiger partial charge in [-0.2, -0.15) is 0 Å². The molecule has 5 aromatic rings. The van der Waals surface area contributed by atoms with Gasteiger partial charge in [0.25, 0.3) is 11.6 Å². The molecule has 160 valence electrons. The van der Waals surface area contributed by atoms with Crippen molar-refractivity contribution in [2.75, 3.05) is 4.90 Å². The van der Waals surface area contributed by atoms with E-state index < -0.39 is 0 Å². The summed E-state index contributed by atoms with van der Waals surface area (Å²) in [6.07, 6.45) is 0. The first-order valence-corrected chi connectivity index (χ1v) is 10.9. The van der Waals surface area contributed by atoms with Crippen LogP contribution in [0.15, 0.2) is 109 Å². The smallest absolute Gasteiger partial charge is 0.274 e. The molecule has 0 N–H and O–H groups in total. The number of hydrogen-bond acceptors (Lipinski definition) is 4. The number of rotatable bonds is 3. The molecule has 1 aliphatic heterocycles. The number of hydrogen-bond donors (Lipinski definition) is 0. The molecule has 4 aromatic carbocycles. The van der Waals surface area contributed by atoms with E-state index in [1.165, 1.54) is 0 Å². The number of fused-ring (bicyclic) bond motifs is 2. The van der Waals surface area contributed by atoms with E-state index in [4.69, 9.17) is 16.3 Å². The van der Waals surface area contributed by atoms with Gasteiger partial charge in [-0.05, 0) is 48.0 Å². The summed E-state index contributed by atoms with van der Waals surface area (Å²) in [7, 11) is 0. The van der Waals surface area contributed by atoms with E-state index in [1.807, 2.05) is 103 Å². The number of aromatic nitrogens is 2. The zero-order chi connectivity index (χ0) is 22.9. The van der Waals surface area contributed by atoms with Gasteiger partial charge in [-0.1, -0.05) is 78.3 Å². The second-order valence-corrected chi connectivity index (χ2v) is 7.80. The summed E-state index contributed by atoms with van der Waals surface area (Å²) in [4.78, 5) is 15.3. The fourth-order valence-corrected chi connectivity index (χ4v) is 4.19. The van der Waals surface area contributed by atoms with Crippen molar-refractivity contribution >= 4 is 22.9 Å². The number of nitrogens with zero attached hydrogens (tertiary/aromatic N) is 4. The molecule has 0 radical (unpaired) electrons. The molecule has 0 aliphatic carbocycles. The van der Waals surface area contributed by atoms with Crippen molar-refractivity contribution in [3.8, 4) is 34.1 Å². The molecule has 0 spiro atoms. The fourth-order valence-electron chi connectivity index (χ4n) is 4.19. The number of para-hydroxylation sites is 5. The van der Waals surface area contributed by atoms with E-state index in [1.54, 1.807) is 6.07 Å². The Kier molecular flexibility index (Phi) is 4.75. The van der Waals surface area contributed by atoms with Crippen molar-refractivity contribution in [3.05, 3.63) is 121 Å². The molecular weight excluding hydrogens is 420 g/mol. The SMILES string of the molecule is [C-]#[N+]c1cc(-c2ccccc2)nc(-c2ccccc2N2c3ccccc3Oc3ccccc32)n1. The van der Waals surface area contributed by atoms with Crippen molar-refractivity contribution in [3.63, 3.8) is 0 Å². The molecule has 6 rings (SSSR count). The molecular formula is C29H18N4O. The van der Waals surface area contributed by atoms with Gasteiger partial charge in [-0.25, -0.2) is 4.98 Å². The molecule has 5 heteroatoms. The lowest BCUT2D eigenvalue weighted by Crippen LogP contribution is -2.16. The Bertz CT molecular complexity index is 1510. The van der Waals surface area contributed by atoms with Gasteiger partial charge < -0.3 is 14.5 Å². The topological polar surface area (TPSA) is 42.6 Å². The Morgan fingerprint density at radius 3 is 1.91 bits per heavy atom. The standard InChI is InChI=1S/C29H18N4O/c1-30-28-19-22(20-11-3-2-4-12-20)31-29(32-28)21-13-5-6-14-23(21)33-24-15-7-9-17-26(24)34-27-18-10-8-16-25(27)33/h2-19H. The first-order chi connectivity index (χ1) is 16.8. The summed E-state index contributed by atoms with van der Waals surface area (Å²) >= 11 is 0. The van der Waals surface area contributed by atoms with Gasteiger partial charge in [-0.15, -0.1) is 0 Å². The van der Waals surface area contributed by atoms with Gasteiger partial charge in [-0.3, -0.25) is 0 Å². The average Bonchev–Trinajstić information content (AvgIpc) is 2.92. The molecule has 0 bridgehead atoms. The molecule has 0 saturated heterocycles. The minimum Gasteiger partial charge on any atom is -0.453 e. The van der Waals surface area contributed by atoms with Crippen molar-refractivity contribution in [2.24, 2.45) is 0 Å². The normalized spacial score (nSPS) is 11.7. The summed E-state index contributed by atoms with van der Waals surface area (Å²) in [6, 6.07) is 35.5. The highest BCUT2D eigenvalue weighted by molar-refractivity contribution is 5.92. The van der Waals surface area contributed by atoms with Crippen LogP contribution in [-0.2, 0) is 0 Å². The Morgan fingerprint density at radius 2 is 1.24 bits per heavy atom. The first kappa shape index (κ1) is 19.7. The molecule has 5 nitrogen and oxygen atoms in total. The third-order valence-corrected chi connectivity index (χ3v) is 5.71. The maximum Gasteiger partial charge on any atom is 0.274 e. The summed E-state index contributed by atoms with van der Waals surface area (Å²) in [5.41, 5.74) is 5.25. The van der Waals surface area contributed by atoms with Crippen LogP contribution in [0.3, 0.4) is 0 Å². The summed E-state index contributed by atoms with van der Waals surface area (Å²) in [5.74, 6) is 2.36. The minimum atomic E-state index is 0.307. The molecule has 0 fully saturated rings. The van der Waals surface area contributed by atoms with E-state index in [0.717, 1.165) is 39.7 Å². The van der Waals surface area contributed by atoms with Gasteiger partial charge >= 0.3 is 0 Å². The third-order valence-electron chi connectivity index (χ3n) is 5.71. The molecule has 0 atom stereocenters. The lowest BCUT2D eigenvalue weighted by molar-refractivity contribution is 0.477. The molecule has 2 heterocycles. The molecule has 1 aromatic heterocycles. The Balaban J connectivity index is 1.58. The van der Waals surface area contributed by atoms with Crippen molar-refractivity contribution in [2.45, 2.75) is 0 Å². The van der Waals surface area contributed by atoms with Crippen LogP contribution in [0.25, 0.3) is 27.5 Å². The summed E-state index contributed by atoms with van der Waals surface area (Å²) in [5, 5.41) is 0. The number of benzene rings is 4. The quantitative estimate of drug-likeness (QED) is 0.263. The molecule has 34 heavy (non-hydrogen) atoms. The van der Waals surface area contributed by atoms with Crippen LogP contribution in [0.4, 0.5) is 22.9 Å². The number of ether oxygens (including phenoxy) is 1. The summed E-state index contributed by atoms with van der Waals surface area (Å²) < 4.78 is 6.18. The van der Waals surface area contributed by atoms with Crippen molar-refractivity contribution in [1.82, 2.24) is 9.97 Å². The highest BCUT2D eigenvalue weighted by Gasteiger charge is 2.28. The highest BCUT2D eigenvalue weighted by Crippen LogP contribution is 2.51. The first-order valence-electron chi connectivity index (χ1n) is 10.9. The van der Waals surface area contributed by atoms with Crippen molar-refractivity contribution in [1.29, 1.82) is 0 Å². The maximum absolute atomic E-state index is 7.61. The summed E-state index contributed by atoms with van der Waals surface area (Å²) in [6.45, 7) is 7.61. The molecule has 0 saturated carbocycles. The largest absolute Gasteiger partial charge is 0.453 e. The Morgan fingerprint density at radius 1 is 0.647 bits per heavy atom. The van der Waals surface area contributed by atoms with Crippen LogP contribution in [0.1, 0.15) is 0 Å². The van der Waals surface area contributed by atoms with Gasteiger partial charge in [0.15, 0.2) is 11.5 Å². The zero-order valence-electron chi connectivity index (χ0n) is 18.1. The maximum atomic E-state index is 7.61. The van der Waals surface area contributed by atoms with Crippen molar-refractivity contribution < 1.29 is 4.74 Å². The van der Waals surface area contributed by atoms with Gasteiger partial charge in [0, 0.05) is 0 Å². The van der Waals surface area contributed by atoms with E-state index >= 15 is 0 Å². The van der Waals surface area contributed by atoms with Crippen LogP contribution < -0.4 is 9.64 Å². The molecule has 0 unspecified atom stereocenters. The van der Waals surface area contributed by atoms with Crippen LogP contribution in [0, 0.1) is 6.57 Å². The minimum absolute atomic E-state index is 0.307. The average molecular weight is 438 g/mol. The van der Waals surface area contributed by atoms with Gasteiger partial charge in [0.05, 0.1) is 28.3 Å². The predicted octanol–water partition coefficient (Wildman–Crippen LogP) is 7.94. The second kappa shape index (κ2) is 8.19. The molecule has 0 amide bonds. The lowest BCUT2D eigenvalue weighted by Gasteiger charge is -2.33. The monoisotopic (exact) mass is 438 g/mol. The Hall–Kier alpha value is -4.95. The predicted molar refractivity (Wildman–Crippen MR) is 134 cm³/mol. The highest BCUT2D eigenvalue weighted by atomic mass is 16.5. The van der Waals surface area contributed by atoms with Gasteiger partial charge in [0.2, 0.25) is 0 Å². The van der Waals surface area contributed by atoms with E-state index in [-0.39, 0.29) is 0 Å².